The number of carboxylic acids is 1. The normalized spacial score (nSPS) is 12.9. The molecule has 4 rings (SSSR count). The molecule has 112 valence electrons. The summed E-state index contributed by atoms with van der Waals surface area (Å²) < 4.78 is 12.7. The molecule has 0 bridgehead atoms. The summed E-state index contributed by atoms with van der Waals surface area (Å²) in [6, 6.07) is 3.75. The molecule has 0 unspecified atom stereocenters. The van der Waals surface area contributed by atoms with E-state index >= 15 is 0 Å². The molecule has 0 radical (unpaired) electrons. The molecule has 1 aliphatic rings. The van der Waals surface area contributed by atoms with E-state index in [0.717, 1.165) is 16.0 Å². The number of carbonyl (C=O) groups is 1. The second kappa shape index (κ2) is 4.99. The second-order valence-electron chi connectivity index (χ2n) is 4.87. The van der Waals surface area contributed by atoms with Crippen molar-refractivity contribution in [3.8, 4) is 11.5 Å². The lowest BCUT2D eigenvalue weighted by atomic mass is 10.2. The number of thiazole rings is 1. The highest BCUT2D eigenvalue weighted by molar-refractivity contribution is 7.09. The zero-order valence-electron chi connectivity index (χ0n) is 11.4. The zero-order chi connectivity index (χ0) is 15.1. The van der Waals surface area contributed by atoms with E-state index in [0.29, 0.717) is 23.7 Å². The third-order valence-corrected chi connectivity index (χ3v) is 4.24. The maximum absolute atomic E-state index is 10.7. The minimum absolute atomic E-state index is 0.0557. The van der Waals surface area contributed by atoms with Crippen molar-refractivity contribution in [2.24, 2.45) is 0 Å². The standard InChI is InChI=1S/C14H11N3O4S/c18-14(19)1-8-5-22-13(16-8)4-17-6-15-9-2-11-12(3-10(9)17)21-7-20-11/h2-3,5-6H,1,4,7H2,(H,18,19). The van der Waals surface area contributed by atoms with E-state index in [1.807, 2.05) is 16.7 Å². The fourth-order valence-corrected chi connectivity index (χ4v) is 3.17. The minimum atomic E-state index is -0.877. The summed E-state index contributed by atoms with van der Waals surface area (Å²) in [5.41, 5.74) is 2.33. The highest BCUT2D eigenvalue weighted by Gasteiger charge is 2.17. The number of imidazole rings is 1. The van der Waals surface area contributed by atoms with Crippen LogP contribution in [0.5, 0.6) is 11.5 Å². The molecule has 1 aliphatic heterocycles. The van der Waals surface area contributed by atoms with Crippen molar-refractivity contribution in [1.29, 1.82) is 0 Å². The van der Waals surface area contributed by atoms with Crippen LogP contribution in [0.15, 0.2) is 23.8 Å². The fraction of sp³-hybridized carbons (Fsp3) is 0.214. The molecular weight excluding hydrogens is 306 g/mol. The molecule has 1 N–H and O–H groups in total. The maximum atomic E-state index is 10.7. The lowest BCUT2D eigenvalue weighted by molar-refractivity contribution is -0.136. The first-order chi connectivity index (χ1) is 10.7. The van der Waals surface area contributed by atoms with Gasteiger partial charge in [-0.3, -0.25) is 4.79 Å². The lowest BCUT2D eigenvalue weighted by Gasteiger charge is -2.02. The van der Waals surface area contributed by atoms with Gasteiger partial charge in [0.05, 0.1) is 36.0 Å². The third-order valence-electron chi connectivity index (χ3n) is 3.35. The van der Waals surface area contributed by atoms with E-state index in [1.54, 1.807) is 11.7 Å². The Balaban J connectivity index is 1.64. The quantitative estimate of drug-likeness (QED) is 0.791. The van der Waals surface area contributed by atoms with Gasteiger partial charge in [0.1, 0.15) is 5.01 Å². The molecule has 0 aliphatic carbocycles. The van der Waals surface area contributed by atoms with Gasteiger partial charge in [-0.15, -0.1) is 11.3 Å². The molecule has 1 aromatic carbocycles. The van der Waals surface area contributed by atoms with Gasteiger partial charge in [0, 0.05) is 17.5 Å². The summed E-state index contributed by atoms with van der Waals surface area (Å²) in [6.07, 6.45) is 1.68. The molecule has 0 amide bonds. The first kappa shape index (κ1) is 13.1. The summed E-state index contributed by atoms with van der Waals surface area (Å²) in [5.74, 6) is 0.536. The molecule has 2 aromatic heterocycles. The number of ether oxygens (including phenoxy) is 2. The summed E-state index contributed by atoms with van der Waals surface area (Å²) >= 11 is 1.44. The van der Waals surface area contributed by atoms with Crippen LogP contribution >= 0.6 is 11.3 Å². The van der Waals surface area contributed by atoms with Crippen molar-refractivity contribution in [1.82, 2.24) is 14.5 Å². The van der Waals surface area contributed by atoms with Crippen molar-refractivity contribution >= 4 is 28.3 Å². The predicted molar refractivity (Wildman–Crippen MR) is 78.4 cm³/mol. The highest BCUT2D eigenvalue weighted by atomic mass is 32.1. The van der Waals surface area contributed by atoms with Crippen LogP contribution < -0.4 is 9.47 Å². The SMILES string of the molecule is O=C(O)Cc1csc(Cn2cnc3cc4c(cc32)OCO4)n1. The highest BCUT2D eigenvalue weighted by Crippen LogP contribution is 2.35. The van der Waals surface area contributed by atoms with Crippen LogP contribution in [0.25, 0.3) is 11.0 Å². The average Bonchev–Trinajstić information content (AvgIpc) is 3.17. The van der Waals surface area contributed by atoms with E-state index in [2.05, 4.69) is 9.97 Å². The molecule has 0 atom stereocenters. The fourth-order valence-electron chi connectivity index (χ4n) is 2.38. The lowest BCUT2D eigenvalue weighted by Crippen LogP contribution is -2.02. The second-order valence-corrected chi connectivity index (χ2v) is 5.81. The van der Waals surface area contributed by atoms with Crippen LogP contribution in [0.4, 0.5) is 0 Å². The Morgan fingerprint density at radius 3 is 3.00 bits per heavy atom. The van der Waals surface area contributed by atoms with Gasteiger partial charge in [0.2, 0.25) is 6.79 Å². The molecule has 0 saturated carbocycles. The van der Waals surface area contributed by atoms with E-state index in [9.17, 15) is 4.79 Å². The molecule has 8 heteroatoms. The number of hydrogen-bond acceptors (Lipinski definition) is 6. The Morgan fingerprint density at radius 2 is 2.18 bits per heavy atom. The number of nitrogens with zero attached hydrogens (tertiary/aromatic N) is 3. The van der Waals surface area contributed by atoms with Crippen LogP contribution in [0, 0.1) is 0 Å². The number of benzene rings is 1. The van der Waals surface area contributed by atoms with E-state index in [-0.39, 0.29) is 13.2 Å². The largest absolute Gasteiger partial charge is 0.481 e. The van der Waals surface area contributed by atoms with Crippen LogP contribution in [0.3, 0.4) is 0 Å². The summed E-state index contributed by atoms with van der Waals surface area (Å²) in [7, 11) is 0. The molecule has 3 aromatic rings. The van der Waals surface area contributed by atoms with Gasteiger partial charge in [0.25, 0.3) is 0 Å². The molecule has 0 saturated heterocycles. The van der Waals surface area contributed by atoms with Crippen LogP contribution in [-0.4, -0.2) is 32.4 Å². The number of fused-ring (bicyclic) bond motifs is 2. The molecule has 0 spiro atoms. The van der Waals surface area contributed by atoms with Crippen LogP contribution in [0.2, 0.25) is 0 Å². The Kier molecular flexibility index (Phi) is 2.97. The van der Waals surface area contributed by atoms with Gasteiger partial charge >= 0.3 is 5.97 Å². The smallest absolute Gasteiger partial charge is 0.309 e. The van der Waals surface area contributed by atoms with Crippen molar-refractivity contribution in [3.63, 3.8) is 0 Å². The Morgan fingerprint density at radius 1 is 1.36 bits per heavy atom. The summed E-state index contributed by atoms with van der Waals surface area (Å²) in [5, 5.41) is 11.4. The predicted octanol–water partition coefficient (Wildman–Crippen LogP) is 1.90. The van der Waals surface area contributed by atoms with Crippen molar-refractivity contribution in [2.75, 3.05) is 6.79 Å². The van der Waals surface area contributed by atoms with Gasteiger partial charge in [-0.1, -0.05) is 0 Å². The first-order valence-electron chi connectivity index (χ1n) is 6.58. The van der Waals surface area contributed by atoms with Crippen LogP contribution in [-0.2, 0) is 17.8 Å². The van der Waals surface area contributed by atoms with Crippen molar-refractivity contribution in [2.45, 2.75) is 13.0 Å². The minimum Gasteiger partial charge on any atom is -0.481 e. The summed E-state index contributed by atoms with van der Waals surface area (Å²) in [6.45, 7) is 0.771. The Labute approximate surface area is 128 Å². The summed E-state index contributed by atoms with van der Waals surface area (Å²) in [4.78, 5) is 19.4. The Bertz CT molecular complexity index is 870. The molecule has 3 heterocycles. The Hall–Kier alpha value is -2.61. The first-order valence-corrected chi connectivity index (χ1v) is 7.46. The number of aromatic nitrogens is 3. The number of hydrogen-bond donors (Lipinski definition) is 1. The van der Waals surface area contributed by atoms with E-state index in [1.165, 1.54) is 11.3 Å². The number of rotatable bonds is 4. The van der Waals surface area contributed by atoms with Gasteiger partial charge in [-0.25, -0.2) is 9.97 Å². The molecule has 22 heavy (non-hydrogen) atoms. The van der Waals surface area contributed by atoms with Gasteiger partial charge in [-0.05, 0) is 0 Å². The monoisotopic (exact) mass is 317 g/mol. The zero-order valence-corrected chi connectivity index (χ0v) is 12.2. The maximum Gasteiger partial charge on any atom is 0.309 e. The van der Waals surface area contributed by atoms with Crippen LogP contribution in [0.1, 0.15) is 10.7 Å². The van der Waals surface area contributed by atoms with E-state index in [4.69, 9.17) is 14.6 Å². The average molecular weight is 317 g/mol. The van der Waals surface area contributed by atoms with Gasteiger partial charge < -0.3 is 19.1 Å². The van der Waals surface area contributed by atoms with Crippen molar-refractivity contribution < 1.29 is 19.4 Å². The van der Waals surface area contributed by atoms with Crippen molar-refractivity contribution in [3.05, 3.63) is 34.5 Å². The molecular formula is C14H11N3O4S. The number of carboxylic acid groups (broad SMARTS) is 1. The van der Waals surface area contributed by atoms with Gasteiger partial charge in [-0.2, -0.15) is 0 Å². The third kappa shape index (κ3) is 2.27. The topological polar surface area (TPSA) is 86.5 Å². The van der Waals surface area contributed by atoms with Gasteiger partial charge in [0.15, 0.2) is 11.5 Å². The van der Waals surface area contributed by atoms with E-state index < -0.39 is 5.97 Å². The molecule has 0 fully saturated rings. The molecule has 7 nitrogen and oxygen atoms in total. The number of aliphatic carboxylic acids is 1.